The smallest absolute Gasteiger partial charge is 0.193 e. The summed E-state index contributed by atoms with van der Waals surface area (Å²) in [6.07, 6.45) is 4.53. The van der Waals surface area contributed by atoms with Gasteiger partial charge in [-0.15, -0.1) is 24.0 Å². The number of hydrogen-bond acceptors (Lipinski definition) is 4. The highest BCUT2D eigenvalue weighted by Gasteiger charge is 2.21. The van der Waals surface area contributed by atoms with E-state index in [1.54, 1.807) is 0 Å². The summed E-state index contributed by atoms with van der Waals surface area (Å²) in [4.78, 5) is 7.24. The predicted molar refractivity (Wildman–Crippen MR) is 118 cm³/mol. The molecule has 0 bridgehead atoms. The van der Waals surface area contributed by atoms with Gasteiger partial charge in [-0.1, -0.05) is 6.92 Å². The van der Waals surface area contributed by atoms with Crippen LogP contribution in [0.1, 0.15) is 39.5 Å². The molecule has 1 N–H and O–H groups in total. The van der Waals surface area contributed by atoms with E-state index in [2.05, 4.69) is 35.8 Å². The molecule has 1 unspecified atom stereocenters. The Labute approximate surface area is 175 Å². The molecule has 148 valence electrons. The zero-order chi connectivity index (χ0) is 17.0. The van der Waals surface area contributed by atoms with Crippen LogP contribution < -0.4 is 5.32 Å². The van der Waals surface area contributed by atoms with Gasteiger partial charge < -0.3 is 19.7 Å². The van der Waals surface area contributed by atoms with E-state index in [-0.39, 0.29) is 24.0 Å². The Hall–Kier alpha value is 0.270. The second kappa shape index (κ2) is 14.3. The fourth-order valence-corrected chi connectivity index (χ4v) is 4.28. The molecule has 2 saturated heterocycles. The Morgan fingerprint density at radius 1 is 1.32 bits per heavy atom. The number of aliphatic imine (C=N–C) groups is 1. The summed E-state index contributed by atoms with van der Waals surface area (Å²) in [5, 5.41) is 4.19. The summed E-state index contributed by atoms with van der Waals surface area (Å²) < 4.78 is 11.2. The van der Waals surface area contributed by atoms with Crippen molar-refractivity contribution in [3.8, 4) is 0 Å². The topological polar surface area (TPSA) is 46.1 Å². The summed E-state index contributed by atoms with van der Waals surface area (Å²) in [5.41, 5.74) is 0. The average molecular weight is 485 g/mol. The molecule has 0 aliphatic carbocycles. The SMILES string of the molecule is CCNC(=NCCCOCC1CCOCC1)N1CCSC(CC)C1.I. The van der Waals surface area contributed by atoms with E-state index in [1.807, 2.05) is 0 Å². The lowest BCUT2D eigenvalue weighted by Gasteiger charge is -2.34. The molecule has 1 atom stereocenters. The summed E-state index contributed by atoms with van der Waals surface area (Å²) in [5.74, 6) is 2.98. The zero-order valence-corrected chi connectivity index (χ0v) is 19.0. The van der Waals surface area contributed by atoms with Crippen molar-refractivity contribution in [1.82, 2.24) is 10.2 Å². The molecule has 0 aromatic rings. The van der Waals surface area contributed by atoms with Crippen molar-refractivity contribution in [3.63, 3.8) is 0 Å². The maximum Gasteiger partial charge on any atom is 0.193 e. The minimum Gasteiger partial charge on any atom is -0.381 e. The first-order valence-corrected chi connectivity index (χ1v) is 10.7. The molecule has 0 saturated carbocycles. The van der Waals surface area contributed by atoms with Gasteiger partial charge in [0.05, 0.1) is 0 Å². The highest BCUT2D eigenvalue weighted by atomic mass is 127. The first-order valence-electron chi connectivity index (χ1n) is 9.63. The van der Waals surface area contributed by atoms with Crippen molar-refractivity contribution < 1.29 is 9.47 Å². The number of hydrogen-bond donors (Lipinski definition) is 1. The third kappa shape index (κ3) is 9.15. The number of guanidine groups is 1. The lowest BCUT2D eigenvalue weighted by Crippen LogP contribution is -2.48. The number of nitrogens with one attached hydrogen (secondary N) is 1. The molecular weight excluding hydrogens is 449 g/mol. The molecule has 0 spiro atoms. The van der Waals surface area contributed by atoms with Crippen LogP contribution in [-0.4, -0.2) is 74.5 Å². The first-order chi connectivity index (χ1) is 11.8. The third-order valence-corrected chi connectivity index (χ3v) is 6.00. The van der Waals surface area contributed by atoms with E-state index in [1.165, 1.54) is 12.2 Å². The Kier molecular flexibility index (Phi) is 13.4. The summed E-state index contributed by atoms with van der Waals surface area (Å²) >= 11 is 2.10. The van der Waals surface area contributed by atoms with Crippen molar-refractivity contribution in [1.29, 1.82) is 0 Å². The Balaban J connectivity index is 0.00000312. The second-order valence-electron chi connectivity index (χ2n) is 6.57. The Bertz CT molecular complexity index is 368. The van der Waals surface area contributed by atoms with Gasteiger partial charge in [0.15, 0.2) is 5.96 Å². The van der Waals surface area contributed by atoms with Gasteiger partial charge in [0.2, 0.25) is 0 Å². The highest BCUT2D eigenvalue weighted by Crippen LogP contribution is 2.21. The fourth-order valence-electron chi connectivity index (χ4n) is 3.10. The van der Waals surface area contributed by atoms with Crippen molar-refractivity contribution in [2.75, 3.05) is 58.4 Å². The molecule has 2 fully saturated rings. The van der Waals surface area contributed by atoms with Crippen LogP contribution >= 0.6 is 35.7 Å². The van der Waals surface area contributed by atoms with Crippen molar-refractivity contribution in [2.45, 2.75) is 44.8 Å². The fraction of sp³-hybridized carbons (Fsp3) is 0.944. The van der Waals surface area contributed by atoms with Gasteiger partial charge in [-0.05, 0) is 38.5 Å². The molecule has 2 aliphatic heterocycles. The molecule has 5 nitrogen and oxygen atoms in total. The van der Waals surface area contributed by atoms with Crippen LogP contribution in [0.2, 0.25) is 0 Å². The number of nitrogens with zero attached hydrogens (tertiary/aromatic N) is 2. The standard InChI is InChI=1S/C18H35N3O2S.HI/c1-3-17-14-21(9-13-24-17)18(19-4-2)20-8-5-10-23-15-16-6-11-22-12-7-16;/h16-17H,3-15H2,1-2H3,(H,19,20);1H. The van der Waals surface area contributed by atoms with Gasteiger partial charge in [0, 0.05) is 63.6 Å². The van der Waals surface area contributed by atoms with Crippen LogP contribution in [0, 0.1) is 5.92 Å². The van der Waals surface area contributed by atoms with Crippen LogP contribution in [0.5, 0.6) is 0 Å². The predicted octanol–water partition coefficient (Wildman–Crippen LogP) is 3.23. The Morgan fingerprint density at radius 2 is 2.12 bits per heavy atom. The molecule has 0 aromatic carbocycles. The number of halogens is 1. The normalized spacial score (nSPS) is 22.6. The lowest BCUT2D eigenvalue weighted by molar-refractivity contribution is 0.0205. The van der Waals surface area contributed by atoms with E-state index in [9.17, 15) is 0 Å². The Morgan fingerprint density at radius 3 is 2.84 bits per heavy atom. The van der Waals surface area contributed by atoms with E-state index in [0.717, 1.165) is 83.1 Å². The van der Waals surface area contributed by atoms with E-state index < -0.39 is 0 Å². The molecule has 25 heavy (non-hydrogen) atoms. The lowest BCUT2D eigenvalue weighted by atomic mass is 10.0. The molecule has 2 aliphatic rings. The number of thioether (sulfide) groups is 1. The molecule has 2 heterocycles. The summed E-state index contributed by atoms with van der Waals surface area (Å²) in [7, 11) is 0. The minimum absolute atomic E-state index is 0. The van der Waals surface area contributed by atoms with Gasteiger partial charge in [-0.25, -0.2) is 0 Å². The van der Waals surface area contributed by atoms with E-state index in [4.69, 9.17) is 14.5 Å². The van der Waals surface area contributed by atoms with Crippen LogP contribution in [-0.2, 0) is 9.47 Å². The largest absolute Gasteiger partial charge is 0.381 e. The second-order valence-corrected chi connectivity index (χ2v) is 7.98. The molecule has 0 radical (unpaired) electrons. The monoisotopic (exact) mass is 485 g/mol. The highest BCUT2D eigenvalue weighted by molar-refractivity contribution is 14.0. The maximum absolute atomic E-state index is 5.83. The van der Waals surface area contributed by atoms with Crippen LogP contribution in [0.15, 0.2) is 4.99 Å². The zero-order valence-electron chi connectivity index (χ0n) is 15.9. The molecule has 2 rings (SSSR count). The quantitative estimate of drug-likeness (QED) is 0.248. The van der Waals surface area contributed by atoms with E-state index >= 15 is 0 Å². The van der Waals surface area contributed by atoms with Crippen LogP contribution in [0.25, 0.3) is 0 Å². The van der Waals surface area contributed by atoms with Gasteiger partial charge in [0.1, 0.15) is 0 Å². The first kappa shape index (κ1) is 23.3. The van der Waals surface area contributed by atoms with Gasteiger partial charge in [0.25, 0.3) is 0 Å². The number of rotatable bonds is 8. The number of ether oxygens (including phenoxy) is 2. The summed E-state index contributed by atoms with van der Waals surface area (Å²) in [6, 6.07) is 0. The molecule has 0 aromatic heterocycles. The van der Waals surface area contributed by atoms with Crippen molar-refractivity contribution >= 4 is 41.7 Å². The van der Waals surface area contributed by atoms with E-state index in [0.29, 0.717) is 5.92 Å². The minimum atomic E-state index is 0. The van der Waals surface area contributed by atoms with Crippen molar-refractivity contribution in [2.24, 2.45) is 10.9 Å². The molecular formula is C18H36IN3O2S. The average Bonchev–Trinajstić information content (AvgIpc) is 2.64. The molecule has 0 amide bonds. The van der Waals surface area contributed by atoms with Crippen LogP contribution in [0.4, 0.5) is 0 Å². The van der Waals surface area contributed by atoms with Gasteiger partial charge in [-0.2, -0.15) is 11.8 Å². The maximum atomic E-state index is 5.83. The van der Waals surface area contributed by atoms with Crippen molar-refractivity contribution in [3.05, 3.63) is 0 Å². The third-order valence-electron chi connectivity index (χ3n) is 4.63. The van der Waals surface area contributed by atoms with Gasteiger partial charge in [-0.3, -0.25) is 4.99 Å². The van der Waals surface area contributed by atoms with Gasteiger partial charge >= 0.3 is 0 Å². The summed E-state index contributed by atoms with van der Waals surface area (Å²) in [6.45, 7) is 11.9. The van der Waals surface area contributed by atoms with Crippen LogP contribution in [0.3, 0.4) is 0 Å². The molecule has 7 heteroatoms.